The maximum atomic E-state index is 3.49. The van der Waals surface area contributed by atoms with Crippen LogP contribution in [0.4, 0.5) is 0 Å². The molecule has 2 aromatic carbocycles. The molecule has 0 aliphatic heterocycles. The third-order valence-corrected chi connectivity index (χ3v) is 4.62. The van der Waals surface area contributed by atoms with E-state index in [1.807, 2.05) is 0 Å². The van der Waals surface area contributed by atoms with Gasteiger partial charge in [0.15, 0.2) is 0 Å². The van der Waals surface area contributed by atoms with E-state index in [1.54, 1.807) is 5.56 Å². The summed E-state index contributed by atoms with van der Waals surface area (Å²) in [4.78, 5) is 0. The van der Waals surface area contributed by atoms with Gasteiger partial charge in [0.05, 0.1) is 0 Å². The molecule has 1 aliphatic rings. The van der Waals surface area contributed by atoms with Gasteiger partial charge in [-0.15, -0.1) is 0 Å². The van der Waals surface area contributed by atoms with E-state index in [1.165, 1.54) is 29.5 Å². The lowest BCUT2D eigenvalue weighted by Gasteiger charge is -2.33. The lowest BCUT2D eigenvalue weighted by molar-refractivity contribution is 0.452. The number of benzene rings is 2. The Morgan fingerprint density at radius 1 is 1.10 bits per heavy atom. The summed E-state index contributed by atoms with van der Waals surface area (Å²) in [5.74, 6) is 0.717. The van der Waals surface area contributed by atoms with Crippen molar-refractivity contribution in [1.82, 2.24) is 5.32 Å². The number of rotatable bonds is 5. The highest BCUT2D eigenvalue weighted by Gasteiger charge is 2.27. The molecule has 0 aromatic heterocycles. The van der Waals surface area contributed by atoms with E-state index in [0.717, 1.165) is 12.3 Å². The number of fused-ring (bicyclic) bond motifs is 1. The molecule has 1 N–H and O–H groups in total. The van der Waals surface area contributed by atoms with E-state index in [9.17, 15) is 0 Å². The normalized spacial score (nSPS) is 18.2. The zero-order chi connectivity index (χ0) is 13.9. The van der Waals surface area contributed by atoms with Gasteiger partial charge in [-0.2, -0.15) is 0 Å². The Kier molecular flexibility index (Phi) is 3.88. The molecule has 0 radical (unpaired) electrons. The molecule has 1 aliphatic carbocycles. The number of hydrogen-bond donors (Lipinski definition) is 1. The number of nitrogens with one attached hydrogen (secondary N) is 1. The Bertz CT molecular complexity index is 571. The first-order valence-electron chi connectivity index (χ1n) is 7.65. The maximum Gasteiger partial charge on any atom is 0.0323 e. The summed E-state index contributed by atoms with van der Waals surface area (Å²) < 4.78 is 0. The van der Waals surface area contributed by atoms with Crippen molar-refractivity contribution in [1.29, 1.82) is 0 Å². The Morgan fingerprint density at radius 2 is 1.85 bits per heavy atom. The van der Waals surface area contributed by atoms with E-state index in [4.69, 9.17) is 0 Å². The zero-order valence-electron chi connectivity index (χ0n) is 12.4. The lowest BCUT2D eigenvalue weighted by atomic mass is 9.74. The van der Waals surface area contributed by atoms with Crippen LogP contribution in [0.3, 0.4) is 0 Å². The van der Waals surface area contributed by atoms with E-state index >= 15 is 0 Å². The topological polar surface area (TPSA) is 12.0 Å². The van der Waals surface area contributed by atoms with E-state index in [0.29, 0.717) is 6.04 Å². The van der Waals surface area contributed by atoms with Gasteiger partial charge in [0.1, 0.15) is 0 Å². The summed E-state index contributed by atoms with van der Waals surface area (Å²) in [5, 5.41) is 3.49. The molecule has 1 heteroatoms. The second-order valence-corrected chi connectivity index (χ2v) is 5.77. The van der Waals surface area contributed by atoms with Crippen LogP contribution in [0.2, 0.25) is 0 Å². The van der Waals surface area contributed by atoms with E-state index < -0.39 is 0 Å². The van der Waals surface area contributed by atoms with Crippen LogP contribution in [0, 0.1) is 0 Å². The molecule has 2 atom stereocenters. The molecule has 20 heavy (non-hydrogen) atoms. The van der Waals surface area contributed by atoms with Gasteiger partial charge in [0.2, 0.25) is 0 Å². The molecule has 0 spiro atoms. The molecule has 0 saturated carbocycles. The minimum atomic E-state index is 0.458. The first-order chi connectivity index (χ1) is 9.81. The fraction of sp³-hybridized carbons (Fsp3) is 0.368. The average Bonchev–Trinajstić information content (AvgIpc) is 2.49. The van der Waals surface area contributed by atoms with Gasteiger partial charge >= 0.3 is 0 Å². The maximum absolute atomic E-state index is 3.49. The first kappa shape index (κ1) is 13.4. The molecule has 104 valence electrons. The summed E-state index contributed by atoms with van der Waals surface area (Å²) in [6.07, 6.45) is 3.54. The van der Waals surface area contributed by atoms with Crippen molar-refractivity contribution >= 4 is 0 Å². The van der Waals surface area contributed by atoms with Crippen molar-refractivity contribution in [3.63, 3.8) is 0 Å². The van der Waals surface area contributed by atoms with Crippen LogP contribution < -0.4 is 5.32 Å². The average molecular weight is 265 g/mol. The van der Waals surface area contributed by atoms with Crippen LogP contribution >= 0.6 is 0 Å². The summed E-state index contributed by atoms with van der Waals surface area (Å²) in [5.41, 5.74) is 5.92. The third-order valence-electron chi connectivity index (χ3n) is 4.62. The Balaban J connectivity index is 1.72. The van der Waals surface area contributed by atoms with Crippen molar-refractivity contribution < 1.29 is 0 Å². The molecular weight excluding hydrogens is 242 g/mol. The highest BCUT2D eigenvalue weighted by atomic mass is 14.9. The highest BCUT2D eigenvalue weighted by Crippen LogP contribution is 2.40. The Labute approximate surface area is 122 Å². The highest BCUT2D eigenvalue weighted by molar-refractivity contribution is 5.40. The van der Waals surface area contributed by atoms with E-state index in [2.05, 4.69) is 67.8 Å². The molecule has 0 amide bonds. The van der Waals surface area contributed by atoms with Crippen molar-refractivity contribution in [2.24, 2.45) is 0 Å². The van der Waals surface area contributed by atoms with Gasteiger partial charge < -0.3 is 5.32 Å². The molecule has 0 fully saturated rings. The molecular formula is C19H23N. The van der Waals surface area contributed by atoms with Crippen LogP contribution in [0.15, 0.2) is 48.5 Å². The quantitative estimate of drug-likeness (QED) is 0.852. The van der Waals surface area contributed by atoms with Gasteiger partial charge in [0, 0.05) is 6.04 Å². The van der Waals surface area contributed by atoms with Gasteiger partial charge in [-0.05, 0) is 54.5 Å². The zero-order valence-corrected chi connectivity index (χ0v) is 12.4. The summed E-state index contributed by atoms with van der Waals surface area (Å²) in [7, 11) is 2.07. The second kappa shape index (κ2) is 5.80. The molecule has 2 aromatic rings. The van der Waals surface area contributed by atoms with Gasteiger partial charge in [0.25, 0.3) is 0 Å². The van der Waals surface area contributed by atoms with Gasteiger partial charge in [-0.25, -0.2) is 0 Å². The lowest BCUT2D eigenvalue weighted by Crippen LogP contribution is -2.25. The largest absolute Gasteiger partial charge is 0.313 e. The molecule has 0 heterocycles. The van der Waals surface area contributed by atoms with Crippen LogP contribution in [-0.2, 0) is 12.8 Å². The van der Waals surface area contributed by atoms with Crippen LogP contribution in [-0.4, -0.2) is 7.05 Å². The summed E-state index contributed by atoms with van der Waals surface area (Å²) in [6.45, 7) is 2.20. The van der Waals surface area contributed by atoms with Crippen molar-refractivity contribution in [3.05, 3.63) is 70.8 Å². The first-order valence-corrected chi connectivity index (χ1v) is 7.65. The number of aryl methyl sites for hydroxylation is 1. The predicted molar refractivity (Wildman–Crippen MR) is 85.1 cm³/mol. The second-order valence-electron chi connectivity index (χ2n) is 5.77. The molecule has 0 saturated heterocycles. The Morgan fingerprint density at radius 3 is 2.50 bits per heavy atom. The van der Waals surface area contributed by atoms with Crippen LogP contribution in [0.5, 0.6) is 0 Å². The monoisotopic (exact) mass is 265 g/mol. The van der Waals surface area contributed by atoms with Crippen LogP contribution in [0.1, 0.15) is 47.6 Å². The molecule has 1 nitrogen and oxygen atoms in total. The van der Waals surface area contributed by atoms with Crippen LogP contribution in [0.25, 0.3) is 0 Å². The van der Waals surface area contributed by atoms with Gasteiger partial charge in [-0.3, -0.25) is 0 Å². The minimum Gasteiger partial charge on any atom is -0.313 e. The molecule has 3 rings (SSSR count). The predicted octanol–water partition coefficient (Wildman–Crippen LogP) is 4.24. The fourth-order valence-corrected chi connectivity index (χ4v) is 3.26. The SMILES string of the molecule is CCc1ccc(C(CC2Cc3ccccc32)NC)cc1. The third kappa shape index (κ3) is 2.51. The van der Waals surface area contributed by atoms with Crippen molar-refractivity contribution in [2.45, 2.75) is 38.1 Å². The van der Waals surface area contributed by atoms with Crippen molar-refractivity contribution in [2.75, 3.05) is 7.05 Å². The van der Waals surface area contributed by atoms with E-state index in [-0.39, 0.29) is 0 Å². The summed E-state index contributed by atoms with van der Waals surface area (Å²) in [6, 6.07) is 18.4. The molecule has 0 bridgehead atoms. The molecule has 2 unspecified atom stereocenters. The fourth-order valence-electron chi connectivity index (χ4n) is 3.26. The summed E-state index contributed by atoms with van der Waals surface area (Å²) >= 11 is 0. The number of hydrogen-bond acceptors (Lipinski definition) is 1. The Hall–Kier alpha value is -1.60. The minimum absolute atomic E-state index is 0.458. The van der Waals surface area contributed by atoms with Gasteiger partial charge in [-0.1, -0.05) is 55.5 Å². The smallest absolute Gasteiger partial charge is 0.0323 e. The standard InChI is InChI=1S/C19H23N/c1-3-14-8-10-15(11-9-14)19(20-2)13-17-12-16-6-4-5-7-18(16)17/h4-11,17,19-20H,3,12-13H2,1-2H3. The van der Waals surface area contributed by atoms with Crippen molar-refractivity contribution in [3.8, 4) is 0 Å².